The third-order valence-corrected chi connectivity index (χ3v) is 5.11. The molecule has 0 aliphatic carbocycles. The van der Waals surface area contributed by atoms with Crippen LogP contribution in [-0.4, -0.2) is 36.3 Å². The van der Waals surface area contributed by atoms with Crippen LogP contribution in [-0.2, 0) is 6.42 Å². The minimum atomic E-state index is -0.312. The number of halogens is 1. The quantitative estimate of drug-likeness (QED) is 0.320. The summed E-state index contributed by atoms with van der Waals surface area (Å²) in [4.78, 5) is 20.3. The van der Waals surface area contributed by atoms with Gasteiger partial charge < -0.3 is 14.5 Å². The van der Waals surface area contributed by atoms with Crippen molar-refractivity contribution in [2.45, 2.75) is 6.42 Å². The lowest BCUT2D eigenvalue weighted by atomic mass is 10.1. The van der Waals surface area contributed by atoms with Crippen LogP contribution in [0.4, 0.5) is 0 Å². The van der Waals surface area contributed by atoms with Crippen molar-refractivity contribution in [1.29, 1.82) is 0 Å². The van der Waals surface area contributed by atoms with Gasteiger partial charge in [0.15, 0.2) is 11.5 Å². The van der Waals surface area contributed by atoms with Gasteiger partial charge in [-0.05, 0) is 53.6 Å². The van der Waals surface area contributed by atoms with Crippen molar-refractivity contribution in [3.8, 4) is 11.5 Å². The van der Waals surface area contributed by atoms with Crippen molar-refractivity contribution in [3.63, 3.8) is 0 Å². The van der Waals surface area contributed by atoms with Gasteiger partial charge in [0.1, 0.15) is 5.82 Å². The maximum atomic E-state index is 12.5. The number of amides is 1. The second-order valence-electron chi connectivity index (χ2n) is 7.03. The third-order valence-electron chi connectivity index (χ3n) is 4.86. The molecule has 0 saturated carbocycles. The van der Waals surface area contributed by atoms with Crippen molar-refractivity contribution >= 4 is 34.8 Å². The van der Waals surface area contributed by atoms with Crippen molar-refractivity contribution in [1.82, 2.24) is 15.4 Å². The second-order valence-corrected chi connectivity index (χ2v) is 7.47. The maximum absolute atomic E-state index is 12.5. The molecule has 0 radical (unpaired) electrons. The van der Waals surface area contributed by atoms with E-state index in [4.69, 9.17) is 21.1 Å². The highest BCUT2D eigenvalue weighted by molar-refractivity contribution is 6.30. The molecule has 2 N–H and O–H groups in total. The molecule has 4 rings (SSSR count). The van der Waals surface area contributed by atoms with Crippen molar-refractivity contribution < 1.29 is 14.3 Å². The van der Waals surface area contributed by atoms with Gasteiger partial charge in [-0.25, -0.2) is 10.4 Å². The number of methoxy groups -OCH3 is 2. The van der Waals surface area contributed by atoms with Crippen LogP contribution in [0.1, 0.15) is 27.3 Å². The number of carbonyl (C=O) groups excluding carboxylic acids is 1. The van der Waals surface area contributed by atoms with Crippen LogP contribution < -0.4 is 14.9 Å². The van der Waals surface area contributed by atoms with Gasteiger partial charge in [-0.15, -0.1) is 0 Å². The van der Waals surface area contributed by atoms with Crippen LogP contribution >= 0.6 is 11.6 Å². The van der Waals surface area contributed by atoms with Crippen molar-refractivity contribution in [3.05, 3.63) is 88.2 Å². The zero-order chi connectivity index (χ0) is 22.5. The molecular weight excluding hydrogens is 428 g/mol. The van der Waals surface area contributed by atoms with E-state index in [0.29, 0.717) is 28.5 Å². The zero-order valence-corrected chi connectivity index (χ0v) is 18.3. The molecular formula is C24H21ClN4O3. The Morgan fingerprint density at radius 1 is 1.06 bits per heavy atom. The molecule has 0 fully saturated rings. The molecule has 0 aliphatic rings. The number of hydrogen-bond acceptors (Lipinski definition) is 5. The van der Waals surface area contributed by atoms with Gasteiger partial charge >= 0.3 is 0 Å². The summed E-state index contributed by atoms with van der Waals surface area (Å²) in [6, 6.07) is 18.2. The molecule has 0 spiro atoms. The summed E-state index contributed by atoms with van der Waals surface area (Å²) in [6.45, 7) is 0. The van der Waals surface area contributed by atoms with E-state index in [0.717, 1.165) is 28.0 Å². The summed E-state index contributed by atoms with van der Waals surface area (Å²) in [5.74, 6) is 1.81. The molecule has 0 unspecified atom stereocenters. The largest absolute Gasteiger partial charge is 0.493 e. The summed E-state index contributed by atoms with van der Waals surface area (Å²) in [7, 11) is 3.21. The van der Waals surface area contributed by atoms with Gasteiger partial charge in [-0.1, -0.05) is 29.8 Å². The van der Waals surface area contributed by atoms with E-state index in [1.54, 1.807) is 44.7 Å². The summed E-state index contributed by atoms with van der Waals surface area (Å²) < 4.78 is 10.6. The van der Waals surface area contributed by atoms with Crippen LogP contribution in [0, 0.1) is 0 Å². The number of ether oxygens (including phenoxy) is 2. The smallest absolute Gasteiger partial charge is 0.271 e. The Morgan fingerprint density at radius 3 is 2.59 bits per heavy atom. The van der Waals surface area contributed by atoms with Gasteiger partial charge in [0.25, 0.3) is 5.91 Å². The molecule has 1 amide bonds. The fraction of sp³-hybridized carbons (Fsp3) is 0.125. The first-order valence-corrected chi connectivity index (χ1v) is 10.2. The van der Waals surface area contributed by atoms with E-state index in [1.807, 2.05) is 36.4 Å². The highest BCUT2D eigenvalue weighted by Gasteiger charge is 2.11. The minimum Gasteiger partial charge on any atom is -0.493 e. The van der Waals surface area contributed by atoms with Crippen molar-refractivity contribution in [2.24, 2.45) is 5.10 Å². The summed E-state index contributed by atoms with van der Waals surface area (Å²) >= 11 is 5.86. The number of nitrogens with zero attached hydrogens (tertiary/aromatic N) is 2. The predicted octanol–water partition coefficient (Wildman–Crippen LogP) is 4.59. The lowest BCUT2D eigenvalue weighted by Crippen LogP contribution is -2.17. The first kappa shape index (κ1) is 21.4. The highest BCUT2D eigenvalue weighted by Crippen LogP contribution is 2.28. The lowest BCUT2D eigenvalue weighted by Gasteiger charge is -2.08. The minimum absolute atomic E-state index is 0.312. The maximum Gasteiger partial charge on any atom is 0.271 e. The van der Waals surface area contributed by atoms with Crippen molar-refractivity contribution in [2.75, 3.05) is 14.2 Å². The number of aromatic amines is 1. The van der Waals surface area contributed by atoms with E-state index < -0.39 is 0 Å². The summed E-state index contributed by atoms with van der Waals surface area (Å²) in [6.07, 6.45) is 2.14. The average molecular weight is 449 g/mol. The second kappa shape index (κ2) is 9.53. The van der Waals surface area contributed by atoms with Gasteiger partial charge in [0, 0.05) is 17.0 Å². The zero-order valence-electron chi connectivity index (χ0n) is 17.6. The molecule has 8 heteroatoms. The number of hydrazone groups is 1. The average Bonchev–Trinajstić information content (AvgIpc) is 3.21. The Balaban J connectivity index is 1.46. The SMILES string of the molecule is COc1ccc(Cc2nc3ccc(C(=O)N/N=C\c4ccc(Cl)cc4)cc3[nH]2)cc1OC. The third kappa shape index (κ3) is 4.90. The number of aromatic nitrogens is 2. The van der Waals surface area contributed by atoms with Gasteiger partial charge in [-0.2, -0.15) is 5.10 Å². The van der Waals surface area contributed by atoms with Crippen LogP contribution in [0.25, 0.3) is 11.0 Å². The number of nitrogens with one attached hydrogen (secondary N) is 2. The fourth-order valence-corrected chi connectivity index (χ4v) is 3.38. The molecule has 32 heavy (non-hydrogen) atoms. The topological polar surface area (TPSA) is 88.6 Å². The standard InChI is InChI=1S/C24H21ClN4O3/c1-31-21-10-5-16(11-22(21)32-2)12-23-27-19-9-6-17(13-20(19)28-23)24(30)29-26-14-15-3-7-18(25)8-4-15/h3-11,13-14H,12H2,1-2H3,(H,27,28)(H,29,30)/b26-14-. The first-order valence-electron chi connectivity index (χ1n) is 9.84. The molecule has 0 atom stereocenters. The molecule has 3 aromatic carbocycles. The normalized spacial score (nSPS) is 11.1. The molecule has 1 heterocycles. The van der Waals surface area contributed by atoms with Crippen LogP contribution in [0.5, 0.6) is 11.5 Å². The van der Waals surface area contributed by atoms with Gasteiger partial charge in [0.2, 0.25) is 0 Å². The molecule has 0 aliphatic heterocycles. The molecule has 0 saturated heterocycles. The van der Waals surface area contributed by atoms with E-state index >= 15 is 0 Å². The molecule has 7 nitrogen and oxygen atoms in total. The van der Waals surface area contributed by atoms with E-state index in [9.17, 15) is 4.79 Å². The number of benzene rings is 3. The fourth-order valence-electron chi connectivity index (χ4n) is 3.25. The molecule has 1 aromatic heterocycles. The number of H-pyrrole nitrogens is 1. The summed E-state index contributed by atoms with van der Waals surface area (Å²) in [5.41, 5.74) is 6.42. The molecule has 0 bridgehead atoms. The van der Waals surface area contributed by atoms with Gasteiger partial charge in [-0.3, -0.25) is 4.79 Å². The Morgan fingerprint density at radius 2 is 1.84 bits per heavy atom. The Labute approximate surface area is 190 Å². The number of hydrogen-bond donors (Lipinski definition) is 2. The van der Waals surface area contributed by atoms with E-state index in [1.165, 1.54) is 0 Å². The molecule has 162 valence electrons. The van der Waals surface area contributed by atoms with Crippen LogP contribution in [0.15, 0.2) is 65.8 Å². The predicted molar refractivity (Wildman–Crippen MR) is 125 cm³/mol. The highest BCUT2D eigenvalue weighted by atomic mass is 35.5. The lowest BCUT2D eigenvalue weighted by molar-refractivity contribution is 0.0955. The Kier molecular flexibility index (Phi) is 6.37. The number of fused-ring (bicyclic) bond motifs is 1. The number of rotatable bonds is 7. The molecule has 4 aromatic rings. The van der Waals surface area contributed by atoms with E-state index in [2.05, 4.69) is 20.5 Å². The Hall–Kier alpha value is -3.84. The van der Waals surface area contributed by atoms with Crippen LogP contribution in [0.2, 0.25) is 5.02 Å². The number of imidazole rings is 1. The van der Waals surface area contributed by atoms with Crippen LogP contribution in [0.3, 0.4) is 0 Å². The number of carbonyl (C=O) groups is 1. The monoisotopic (exact) mass is 448 g/mol. The first-order chi connectivity index (χ1) is 15.6. The van der Waals surface area contributed by atoms with E-state index in [-0.39, 0.29) is 5.91 Å². The summed E-state index contributed by atoms with van der Waals surface area (Å²) in [5, 5.41) is 4.65. The van der Waals surface area contributed by atoms with Gasteiger partial charge in [0.05, 0.1) is 31.5 Å². The Bertz CT molecular complexity index is 1280.